The van der Waals surface area contributed by atoms with Crippen molar-refractivity contribution in [3.8, 4) is 5.69 Å². The van der Waals surface area contributed by atoms with Crippen molar-refractivity contribution < 1.29 is 0 Å². The van der Waals surface area contributed by atoms with Gasteiger partial charge in [0.25, 0.3) is 0 Å². The van der Waals surface area contributed by atoms with Crippen molar-refractivity contribution in [2.75, 3.05) is 0 Å². The molecular weight excluding hydrogens is 737 g/mol. The van der Waals surface area contributed by atoms with Crippen molar-refractivity contribution in [3.63, 3.8) is 0 Å². The molecule has 4 aliphatic carbocycles. The molecule has 0 spiro atoms. The van der Waals surface area contributed by atoms with Gasteiger partial charge in [-0.25, -0.2) is 4.99 Å². The number of aryl methyl sites for hydroxylation is 1. The van der Waals surface area contributed by atoms with Crippen LogP contribution in [0.5, 0.6) is 0 Å². The highest BCUT2D eigenvalue weighted by Crippen LogP contribution is 2.55. The maximum atomic E-state index is 5.36. The molecule has 2 unspecified atom stereocenters. The molecule has 0 saturated carbocycles. The molecule has 0 aliphatic heterocycles. The quantitative estimate of drug-likeness (QED) is 0.137. The Morgan fingerprint density at radius 3 is 2.20 bits per heavy atom. The van der Waals surface area contributed by atoms with Crippen molar-refractivity contribution in [1.82, 2.24) is 4.57 Å². The van der Waals surface area contributed by atoms with E-state index in [1.165, 1.54) is 88.7 Å². The van der Waals surface area contributed by atoms with Gasteiger partial charge in [0.15, 0.2) is 0 Å². The van der Waals surface area contributed by atoms with Gasteiger partial charge in [-0.15, -0.1) is 0 Å². The lowest BCUT2D eigenvalue weighted by atomic mass is 9.69. The number of rotatable bonds is 8. The maximum Gasteiger partial charge on any atom is 0.0750 e. The first-order chi connectivity index (χ1) is 29.8. The van der Waals surface area contributed by atoms with Gasteiger partial charge < -0.3 is 4.57 Å². The van der Waals surface area contributed by atoms with Gasteiger partial charge in [0.1, 0.15) is 0 Å². The monoisotopic (exact) mass is 786 g/mol. The average Bonchev–Trinajstić information content (AvgIpc) is 3.86. The van der Waals surface area contributed by atoms with Gasteiger partial charge in [-0.3, -0.25) is 0 Å². The molecule has 2 atom stereocenters. The zero-order valence-electron chi connectivity index (χ0n) is 35.5. The van der Waals surface area contributed by atoms with Crippen LogP contribution in [-0.2, 0) is 5.41 Å². The van der Waals surface area contributed by atoms with Crippen molar-refractivity contribution in [2.45, 2.75) is 58.3 Å². The summed E-state index contributed by atoms with van der Waals surface area (Å²) >= 11 is 0. The Labute approximate surface area is 360 Å². The second kappa shape index (κ2) is 14.5. The fraction of sp³-hybridized carbons (Fsp3) is 0.169. The van der Waals surface area contributed by atoms with Crippen LogP contribution >= 0.6 is 0 Å². The summed E-state index contributed by atoms with van der Waals surface area (Å²) in [5, 5.41) is 2.54. The zero-order chi connectivity index (χ0) is 41.4. The lowest BCUT2D eigenvalue weighted by Crippen LogP contribution is -2.23. The van der Waals surface area contributed by atoms with Crippen LogP contribution in [-0.4, -0.2) is 10.3 Å². The van der Waals surface area contributed by atoms with Crippen LogP contribution in [0.2, 0.25) is 0 Å². The molecule has 0 bridgehead atoms. The van der Waals surface area contributed by atoms with Crippen LogP contribution in [0.15, 0.2) is 198 Å². The molecule has 0 N–H and O–H groups in total. The molecule has 0 amide bonds. The molecule has 2 heteroatoms. The van der Waals surface area contributed by atoms with Crippen LogP contribution in [0.1, 0.15) is 90.5 Å². The first-order valence-corrected chi connectivity index (χ1v) is 21.9. The van der Waals surface area contributed by atoms with Crippen LogP contribution in [0, 0.1) is 12.8 Å². The van der Waals surface area contributed by atoms with E-state index in [2.05, 4.69) is 203 Å². The molecule has 7 aromatic rings. The topological polar surface area (TPSA) is 17.3 Å². The number of para-hydroxylation sites is 1. The Bertz CT molecular complexity index is 3150. The molecule has 6 aromatic carbocycles. The van der Waals surface area contributed by atoms with E-state index in [0.717, 1.165) is 41.8 Å². The van der Waals surface area contributed by atoms with Crippen molar-refractivity contribution >= 4 is 44.4 Å². The molecule has 0 fully saturated rings. The number of hydrogen-bond donors (Lipinski definition) is 0. The van der Waals surface area contributed by atoms with Gasteiger partial charge >= 0.3 is 0 Å². The molecule has 0 saturated heterocycles. The SMILES string of the molecule is C=C(N=C(C1=C(C)C1c1cc2c3ccccc3n(-c3ccc4c(c3)C3=CCCC=C3C3CC=CC=C43)c2cc1C(C)(C)c1ccccc1C)c1ccccc1)c1ccccc1. The fourth-order valence-corrected chi connectivity index (χ4v) is 10.9. The third kappa shape index (κ3) is 6.03. The number of allylic oxidation sites excluding steroid dienone is 10. The van der Waals surface area contributed by atoms with Gasteiger partial charge in [0.05, 0.1) is 22.4 Å². The number of benzene rings is 6. The Hall–Kier alpha value is -6.77. The summed E-state index contributed by atoms with van der Waals surface area (Å²) in [7, 11) is 0. The van der Waals surface area contributed by atoms with E-state index in [-0.39, 0.29) is 11.3 Å². The molecule has 296 valence electrons. The number of aliphatic imine (C=N–C) groups is 1. The van der Waals surface area contributed by atoms with E-state index in [1.807, 2.05) is 6.07 Å². The van der Waals surface area contributed by atoms with Gasteiger partial charge in [-0.05, 0) is 125 Å². The second-order valence-corrected chi connectivity index (χ2v) is 17.8. The van der Waals surface area contributed by atoms with Crippen LogP contribution in [0.3, 0.4) is 0 Å². The minimum atomic E-state index is -0.305. The van der Waals surface area contributed by atoms with Gasteiger partial charge in [0.2, 0.25) is 0 Å². The van der Waals surface area contributed by atoms with E-state index in [1.54, 1.807) is 0 Å². The highest BCUT2D eigenvalue weighted by molar-refractivity contribution is 6.20. The van der Waals surface area contributed by atoms with Gasteiger partial charge in [-0.2, -0.15) is 0 Å². The Kier molecular flexibility index (Phi) is 8.83. The summed E-state index contributed by atoms with van der Waals surface area (Å²) in [5.74, 6) is 0.561. The van der Waals surface area contributed by atoms with E-state index in [4.69, 9.17) is 4.99 Å². The first-order valence-electron chi connectivity index (χ1n) is 21.9. The highest BCUT2D eigenvalue weighted by atomic mass is 15.0. The van der Waals surface area contributed by atoms with Crippen molar-refractivity contribution in [2.24, 2.45) is 10.9 Å². The molecule has 4 aliphatic rings. The van der Waals surface area contributed by atoms with Crippen LogP contribution in [0.4, 0.5) is 0 Å². The first kappa shape index (κ1) is 37.2. The average molecular weight is 787 g/mol. The van der Waals surface area contributed by atoms with Gasteiger partial charge in [0, 0.05) is 39.3 Å². The number of nitrogens with zero attached hydrogens (tertiary/aromatic N) is 2. The summed E-state index contributed by atoms with van der Waals surface area (Å²) in [6, 6.07) is 51.3. The number of fused-ring (bicyclic) bond motifs is 9. The smallest absolute Gasteiger partial charge is 0.0750 e. The molecule has 11 rings (SSSR count). The van der Waals surface area contributed by atoms with Crippen molar-refractivity contribution in [1.29, 1.82) is 0 Å². The Morgan fingerprint density at radius 2 is 1.39 bits per heavy atom. The second-order valence-electron chi connectivity index (χ2n) is 17.8. The van der Waals surface area contributed by atoms with Crippen LogP contribution < -0.4 is 0 Å². The molecular formula is C59H50N2. The van der Waals surface area contributed by atoms with E-state index >= 15 is 0 Å². The Morgan fingerprint density at radius 1 is 0.672 bits per heavy atom. The zero-order valence-corrected chi connectivity index (χ0v) is 35.5. The normalized spacial score (nSPS) is 18.3. The lowest BCUT2D eigenvalue weighted by molar-refractivity contribution is 0.629. The van der Waals surface area contributed by atoms with Crippen LogP contribution in [0.25, 0.3) is 44.3 Å². The summed E-state index contributed by atoms with van der Waals surface area (Å²) in [4.78, 5) is 5.36. The standard InChI is InChI=1S/C59H50N2/c1-37-20-12-18-30-52(37)59(4,5)53-36-55-50(35-51(53)56-38(2)57(56)58(41-23-10-7-11-24-41)60-39(3)40-21-8-6-9-22-40)48-29-17-19-31-54(48)61(55)42-32-33-47-45-27-14-13-25-43(45)44-26-15-16-28-46(44)49(47)34-42/h6-14,17-24,26-36,43,56H,3,15-16,25H2,1-2,4-5H3. The van der Waals surface area contributed by atoms with Gasteiger partial charge in [-0.1, -0.05) is 166 Å². The summed E-state index contributed by atoms with van der Waals surface area (Å²) < 4.78 is 2.54. The molecule has 0 radical (unpaired) electrons. The molecule has 61 heavy (non-hydrogen) atoms. The molecule has 1 heterocycles. The van der Waals surface area contributed by atoms with E-state index in [0.29, 0.717) is 5.92 Å². The maximum absolute atomic E-state index is 5.36. The predicted octanol–water partition coefficient (Wildman–Crippen LogP) is 15.1. The Balaban J connectivity index is 1.13. The van der Waals surface area contributed by atoms with E-state index < -0.39 is 0 Å². The van der Waals surface area contributed by atoms with Crippen molar-refractivity contribution in [3.05, 3.63) is 238 Å². The van der Waals surface area contributed by atoms with E-state index in [9.17, 15) is 0 Å². The third-order valence-electron chi connectivity index (χ3n) is 14.0. The largest absolute Gasteiger partial charge is 0.309 e. The minimum absolute atomic E-state index is 0.116. The lowest BCUT2D eigenvalue weighted by Gasteiger charge is -2.35. The number of hydrogen-bond acceptors (Lipinski definition) is 1. The highest BCUT2D eigenvalue weighted by Gasteiger charge is 2.42. The predicted molar refractivity (Wildman–Crippen MR) is 259 cm³/mol. The number of aromatic nitrogens is 1. The minimum Gasteiger partial charge on any atom is -0.309 e. The molecule has 2 nitrogen and oxygen atoms in total. The summed E-state index contributed by atoms with van der Waals surface area (Å²) in [6.07, 6.45) is 15.2. The third-order valence-corrected chi connectivity index (χ3v) is 14.0. The summed E-state index contributed by atoms with van der Waals surface area (Å²) in [5.41, 5.74) is 22.4. The fourth-order valence-electron chi connectivity index (χ4n) is 10.9. The molecule has 1 aromatic heterocycles. The summed E-state index contributed by atoms with van der Waals surface area (Å²) in [6.45, 7) is 13.9.